The molecular weight excluding hydrogens is 212 g/mol. The van der Waals surface area contributed by atoms with Gasteiger partial charge in [-0.15, -0.1) is 6.58 Å². The number of allylic oxidation sites excluding steroid dienone is 3. The van der Waals surface area contributed by atoms with Crippen molar-refractivity contribution in [3.05, 3.63) is 60.2 Å². The predicted molar refractivity (Wildman–Crippen MR) is 70.1 cm³/mol. The lowest BCUT2D eigenvalue weighted by Crippen LogP contribution is -2.04. The maximum absolute atomic E-state index is 11.4. The third-order valence-electron chi connectivity index (χ3n) is 2.29. The maximum Gasteiger partial charge on any atom is 0.338 e. The molecule has 0 bridgehead atoms. The largest absolute Gasteiger partial charge is 0.462 e. The molecule has 0 saturated carbocycles. The zero-order valence-electron chi connectivity index (χ0n) is 10.2. The molecule has 1 rings (SSSR count). The first-order chi connectivity index (χ1) is 8.27. The van der Waals surface area contributed by atoms with E-state index in [0.29, 0.717) is 12.2 Å². The summed E-state index contributed by atoms with van der Waals surface area (Å²) in [5.41, 5.74) is 1.78. The number of carbonyl (C=O) groups excluding carboxylic acids is 1. The molecule has 0 heterocycles. The molecule has 1 aromatic rings. The number of ether oxygens (including phenoxy) is 1. The molecule has 0 saturated heterocycles. The minimum atomic E-state index is -0.263. The van der Waals surface area contributed by atoms with Crippen LogP contribution in [0.3, 0.4) is 0 Å². The van der Waals surface area contributed by atoms with Crippen LogP contribution in [0.15, 0.2) is 49.1 Å². The molecule has 1 aromatic carbocycles. The van der Waals surface area contributed by atoms with Crippen LogP contribution in [-0.2, 0) is 11.2 Å². The van der Waals surface area contributed by atoms with E-state index in [9.17, 15) is 4.79 Å². The van der Waals surface area contributed by atoms with E-state index in [2.05, 4.69) is 18.7 Å². The van der Waals surface area contributed by atoms with Crippen LogP contribution in [0, 0.1) is 0 Å². The number of hydrogen-bond acceptors (Lipinski definition) is 2. The second-order valence-corrected chi connectivity index (χ2v) is 3.62. The molecule has 0 atom stereocenters. The molecule has 0 radical (unpaired) electrons. The highest BCUT2D eigenvalue weighted by atomic mass is 16.5. The Balaban J connectivity index is 2.55. The van der Waals surface area contributed by atoms with Crippen LogP contribution < -0.4 is 0 Å². The Bertz CT molecular complexity index is 388. The zero-order valence-corrected chi connectivity index (χ0v) is 10.2. The molecule has 17 heavy (non-hydrogen) atoms. The first kappa shape index (κ1) is 13.2. The molecule has 2 heteroatoms. The van der Waals surface area contributed by atoms with Gasteiger partial charge in [-0.3, -0.25) is 0 Å². The summed E-state index contributed by atoms with van der Waals surface area (Å²) in [6.07, 6.45) is 7.80. The molecular formula is C15H18O2. The summed E-state index contributed by atoms with van der Waals surface area (Å²) in [6, 6.07) is 7.50. The Morgan fingerprint density at radius 2 is 2.00 bits per heavy atom. The fraction of sp³-hybridized carbons (Fsp3) is 0.267. The van der Waals surface area contributed by atoms with E-state index >= 15 is 0 Å². The number of benzene rings is 1. The van der Waals surface area contributed by atoms with Crippen molar-refractivity contribution in [1.29, 1.82) is 0 Å². The van der Waals surface area contributed by atoms with E-state index in [4.69, 9.17) is 4.74 Å². The van der Waals surface area contributed by atoms with Crippen LogP contribution in [0.5, 0.6) is 0 Å². The van der Waals surface area contributed by atoms with Gasteiger partial charge in [0.25, 0.3) is 0 Å². The second-order valence-electron chi connectivity index (χ2n) is 3.62. The standard InChI is InChI=1S/C15H18O2/c1-3-5-6-7-8-13-9-11-14(12-10-13)15(16)17-4-2/h3,6-7,9-12H,1,4-5,8H2,2H3/b7-6+. The molecule has 0 N–H and O–H groups in total. The Kier molecular flexibility index (Phi) is 5.80. The van der Waals surface area contributed by atoms with Gasteiger partial charge in [0.05, 0.1) is 12.2 Å². The average Bonchev–Trinajstić information content (AvgIpc) is 2.36. The van der Waals surface area contributed by atoms with Crippen molar-refractivity contribution in [2.24, 2.45) is 0 Å². The molecule has 0 aliphatic heterocycles. The van der Waals surface area contributed by atoms with Gasteiger partial charge in [0.2, 0.25) is 0 Å². The van der Waals surface area contributed by atoms with Crippen molar-refractivity contribution in [2.45, 2.75) is 19.8 Å². The van der Waals surface area contributed by atoms with Crippen LogP contribution in [0.1, 0.15) is 29.3 Å². The van der Waals surface area contributed by atoms with Crippen LogP contribution in [0.25, 0.3) is 0 Å². The molecule has 0 spiro atoms. The normalized spacial score (nSPS) is 10.4. The quantitative estimate of drug-likeness (QED) is 0.552. The third-order valence-corrected chi connectivity index (χ3v) is 2.29. The van der Waals surface area contributed by atoms with Crippen molar-refractivity contribution in [1.82, 2.24) is 0 Å². The first-order valence-corrected chi connectivity index (χ1v) is 5.80. The number of carbonyl (C=O) groups is 1. The predicted octanol–water partition coefficient (Wildman–Crippen LogP) is 3.54. The van der Waals surface area contributed by atoms with Gasteiger partial charge in [-0.05, 0) is 37.5 Å². The van der Waals surface area contributed by atoms with E-state index in [-0.39, 0.29) is 5.97 Å². The molecule has 0 unspecified atom stereocenters. The Morgan fingerprint density at radius 3 is 2.59 bits per heavy atom. The van der Waals surface area contributed by atoms with Crippen molar-refractivity contribution in [2.75, 3.05) is 6.61 Å². The maximum atomic E-state index is 11.4. The summed E-state index contributed by atoms with van der Waals surface area (Å²) in [4.78, 5) is 11.4. The van der Waals surface area contributed by atoms with Crippen LogP contribution in [0.2, 0.25) is 0 Å². The molecule has 0 amide bonds. The van der Waals surface area contributed by atoms with Gasteiger partial charge in [0.15, 0.2) is 0 Å². The fourth-order valence-electron chi connectivity index (χ4n) is 1.40. The van der Waals surface area contributed by atoms with Crippen molar-refractivity contribution in [3.63, 3.8) is 0 Å². The lowest BCUT2D eigenvalue weighted by Gasteiger charge is -2.02. The summed E-state index contributed by atoms with van der Waals surface area (Å²) >= 11 is 0. The average molecular weight is 230 g/mol. The van der Waals surface area contributed by atoms with Gasteiger partial charge < -0.3 is 4.74 Å². The fourth-order valence-corrected chi connectivity index (χ4v) is 1.40. The summed E-state index contributed by atoms with van der Waals surface area (Å²) in [6.45, 7) is 5.86. The van der Waals surface area contributed by atoms with Crippen LogP contribution >= 0.6 is 0 Å². The highest BCUT2D eigenvalue weighted by molar-refractivity contribution is 5.89. The van der Waals surface area contributed by atoms with Crippen molar-refractivity contribution < 1.29 is 9.53 Å². The molecule has 0 aliphatic carbocycles. The molecule has 0 aliphatic rings. The lowest BCUT2D eigenvalue weighted by atomic mass is 10.1. The number of rotatable bonds is 6. The van der Waals surface area contributed by atoms with Gasteiger partial charge in [-0.2, -0.15) is 0 Å². The monoisotopic (exact) mass is 230 g/mol. The third kappa shape index (κ3) is 4.68. The van der Waals surface area contributed by atoms with Crippen molar-refractivity contribution in [3.8, 4) is 0 Å². The van der Waals surface area contributed by atoms with Gasteiger partial charge >= 0.3 is 5.97 Å². The summed E-state index contributed by atoms with van der Waals surface area (Å²) < 4.78 is 4.92. The Labute approximate surface area is 103 Å². The highest BCUT2D eigenvalue weighted by Crippen LogP contribution is 2.07. The number of esters is 1. The van der Waals surface area contributed by atoms with E-state index in [0.717, 1.165) is 12.8 Å². The topological polar surface area (TPSA) is 26.3 Å². The summed E-state index contributed by atoms with van der Waals surface area (Å²) in [5.74, 6) is -0.263. The summed E-state index contributed by atoms with van der Waals surface area (Å²) in [7, 11) is 0. The molecule has 0 fully saturated rings. The van der Waals surface area contributed by atoms with E-state index in [1.54, 1.807) is 19.1 Å². The van der Waals surface area contributed by atoms with Crippen LogP contribution in [-0.4, -0.2) is 12.6 Å². The Hall–Kier alpha value is -1.83. The minimum absolute atomic E-state index is 0.263. The SMILES string of the molecule is C=CC/C=C/Cc1ccc(C(=O)OCC)cc1. The lowest BCUT2D eigenvalue weighted by molar-refractivity contribution is 0.0526. The molecule has 90 valence electrons. The second kappa shape index (κ2) is 7.44. The van der Waals surface area contributed by atoms with Crippen LogP contribution in [0.4, 0.5) is 0 Å². The number of hydrogen-bond donors (Lipinski definition) is 0. The Morgan fingerprint density at radius 1 is 1.29 bits per heavy atom. The molecule has 0 aromatic heterocycles. The zero-order chi connectivity index (χ0) is 12.5. The van der Waals surface area contributed by atoms with Gasteiger partial charge in [0, 0.05) is 0 Å². The van der Waals surface area contributed by atoms with Gasteiger partial charge in [-0.1, -0.05) is 30.4 Å². The minimum Gasteiger partial charge on any atom is -0.462 e. The van der Waals surface area contributed by atoms with Crippen molar-refractivity contribution >= 4 is 5.97 Å². The van der Waals surface area contributed by atoms with Gasteiger partial charge in [-0.25, -0.2) is 4.79 Å². The molecule has 2 nitrogen and oxygen atoms in total. The van der Waals surface area contributed by atoms with E-state index < -0.39 is 0 Å². The first-order valence-electron chi connectivity index (χ1n) is 5.80. The van der Waals surface area contributed by atoms with E-state index in [1.807, 2.05) is 18.2 Å². The summed E-state index contributed by atoms with van der Waals surface area (Å²) in [5, 5.41) is 0. The highest BCUT2D eigenvalue weighted by Gasteiger charge is 2.04. The van der Waals surface area contributed by atoms with Gasteiger partial charge in [0.1, 0.15) is 0 Å². The van der Waals surface area contributed by atoms with E-state index in [1.165, 1.54) is 5.56 Å². The smallest absolute Gasteiger partial charge is 0.338 e.